The van der Waals surface area contributed by atoms with Gasteiger partial charge in [-0.25, -0.2) is 13.4 Å². The minimum Gasteiger partial charge on any atom is -0.433 e. The molecule has 8 nitrogen and oxygen atoms in total. The Morgan fingerprint density at radius 3 is 2.43 bits per heavy atom. The van der Waals surface area contributed by atoms with Gasteiger partial charge in [0.1, 0.15) is 28.4 Å². The number of nitrogens with zero attached hydrogens (tertiary/aromatic N) is 4. The Kier molecular flexibility index (Phi) is 6.07. The van der Waals surface area contributed by atoms with E-state index in [4.69, 9.17) is 0 Å². The van der Waals surface area contributed by atoms with Gasteiger partial charge in [0.15, 0.2) is 0 Å². The van der Waals surface area contributed by atoms with Gasteiger partial charge in [-0.3, -0.25) is 9.55 Å². The lowest BCUT2D eigenvalue weighted by Crippen LogP contribution is -2.42. The zero-order valence-electron chi connectivity index (χ0n) is 17.6. The topological polar surface area (TPSA) is 110 Å². The lowest BCUT2D eigenvalue weighted by Gasteiger charge is -2.17. The second kappa shape index (κ2) is 8.75. The Morgan fingerprint density at radius 1 is 1.20 bits per heavy atom. The smallest absolute Gasteiger partial charge is 0.404 e. The molecule has 0 radical (unpaired) electrons. The number of ether oxygens (including phenoxy) is 1. The molecule has 0 aromatic carbocycles. The van der Waals surface area contributed by atoms with E-state index in [1.54, 1.807) is 18.2 Å². The highest BCUT2D eigenvalue weighted by molar-refractivity contribution is 7.89. The number of aromatic nitrogens is 3. The van der Waals surface area contributed by atoms with Crippen LogP contribution < -0.4 is 9.46 Å². The maximum absolute atomic E-state index is 12.8. The number of alkyl halides is 5. The minimum atomic E-state index is -4.78. The number of hydrogen-bond acceptors (Lipinski definition) is 6. The quantitative estimate of drug-likeness (QED) is 0.476. The molecule has 3 aromatic heterocycles. The third kappa shape index (κ3) is 4.60. The predicted molar refractivity (Wildman–Crippen MR) is 114 cm³/mol. The average molecular weight is 511 g/mol. The molecule has 182 valence electrons. The van der Waals surface area contributed by atoms with Gasteiger partial charge in [-0.1, -0.05) is 6.08 Å². The van der Waals surface area contributed by atoms with Crippen LogP contribution in [0.2, 0.25) is 0 Å². The molecule has 0 bridgehead atoms. The van der Waals surface area contributed by atoms with E-state index in [9.17, 15) is 35.6 Å². The van der Waals surface area contributed by atoms with Crippen LogP contribution in [0, 0.1) is 11.3 Å². The Balaban J connectivity index is 1.82. The van der Waals surface area contributed by atoms with Gasteiger partial charge in [-0.05, 0) is 37.3 Å². The molecule has 0 saturated heterocycles. The number of sulfonamides is 1. The van der Waals surface area contributed by atoms with E-state index in [1.807, 2.05) is 6.07 Å². The molecule has 1 N–H and O–H groups in total. The SMILES string of the molecule is C[C@H](NS(=O)(=O)c1ccc(-c2c(C#N)c3cc(OC(F)F)cnc3n2C2=CC=C2)nc1)C(F)(F)F. The van der Waals surface area contributed by atoms with Crippen LogP contribution in [0.4, 0.5) is 22.0 Å². The summed E-state index contributed by atoms with van der Waals surface area (Å²) in [6.45, 7) is -2.45. The zero-order chi connectivity index (χ0) is 25.5. The van der Waals surface area contributed by atoms with Crippen molar-refractivity contribution in [3.05, 3.63) is 54.4 Å². The molecule has 1 aliphatic rings. The van der Waals surface area contributed by atoms with E-state index < -0.39 is 33.7 Å². The van der Waals surface area contributed by atoms with Crippen molar-refractivity contribution in [3.8, 4) is 23.2 Å². The summed E-state index contributed by atoms with van der Waals surface area (Å²) in [6.07, 6.45) is 2.23. The lowest BCUT2D eigenvalue weighted by atomic mass is 10.1. The third-order valence-electron chi connectivity index (χ3n) is 5.02. The Labute approximate surface area is 195 Å². The van der Waals surface area contributed by atoms with Gasteiger partial charge in [-0.15, -0.1) is 0 Å². The van der Waals surface area contributed by atoms with Crippen LogP contribution in [0.1, 0.15) is 12.5 Å². The normalized spacial score (nSPS) is 14.5. The summed E-state index contributed by atoms with van der Waals surface area (Å²) in [5.74, 6) is -0.273. The standard InChI is InChI=1S/C21H14F5N5O3S/c1-11(21(24,25)26)30-35(32,33)14-5-6-17(28-10-14)18-16(8-27)15-7-13(34-20(22)23)9-29-19(15)31(18)12-3-2-4-12/h2-7,9-11,20,30H,1H3/t11-/m0/s1. The van der Waals surface area contributed by atoms with Crippen LogP contribution in [0.5, 0.6) is 5.75 Å². The minimum absolute atomic E-state index is 0.000317. The lowest BCUT2D eigenvalue weighted by molar-refractivity contribution is -0.147. The summed E-state index contributed by atoms with van der Waals surface area (Å²) in [5.41, 5.74) is 1.09. The first-order chi connectivity index (χ1) is 16.4. The van der Waals surface area contributed by atoms with Crippen molar-refractivity contribution in [2.45, 2.75) is 30.6 Å². The molecular formula is C21H14F5N5O3S. The van der Waals surface area contributed by atoms with Crippen LogP contribution in [0.25, 0.3) is 28.1 Å². The largest absolute Gasteiger partial charge is 0.433 e. The van der Waals surface area contributed by atoms with Crippen LogP contribution in [-0.2, 0) is 10.0 Å². The number of nitrogens with one attached hydrogen (secondary N) is 1. The van der Waals surface area contributed by atoms with Crippen LogP contribution in [0.15, 0.2) is 53.7 Å². The van der Waals surface area contributed by atoms with Crippen molar-refractivity contribution in [1.29, 1.82) is 5.26 Å². The first-order valence-electron chi connectivity index (χ1n) is 9.76. The highest BCUT2D eigenvalue weighted by Gasteiger charge is 2.39. The molecule has 3 aromatic rings. The van der Waals surface area contributed by atoms with Gasteiger partial charge in [-0.2, -0.15) is 31.9 Å². The molecule has 35 heavy (non-hydrogen) atoms. The molecule has 14 heteroatoms. The van der Waals surface area contributed by atoms with Crippen molar-refractivity contribution in [1.82, 2.24) is 19.3 Å². The fourth-order valence-corrected chi connectivity index (χ4v) is 4.47. The van der Waals surface area contributed by atoms with Crippen molar-refractivity contribution in [2.75, 3.05) is 0 Å². The van der Waals surface area contributed by atoms with Gasteiger partial charge >= 0.3 is 12.8 Å². The summed E-state index contributed by atoms with van der Waals surface area (Å²) in [4.78, 5) is 7.68. The molecule has 0 unspecified atom stereocenters. The first-order valence-corrected chi connectivity index (χ1v) is 11.2. The maximum atomic E-state index is 12.8. The van der Waals surface area contributed by atoms with Crippen molar-refractivity contribution >= 4 is 26.8 Å². The zero-order valence-corrected chi connectivity index (χ0v) is 18.4. The number of hydrogen-bond donors (Lipinski definition) is 1. The molecule has 0 aliphatic heterocycles. The Bertz CT molecular complexity index is 1500. The molecule has 4 rings (SSSR count). The number of rotatable bonds is 7. The molecule has 0 amide bonds. The van der Waals surface area contributed by atoms with E-state index in [1.165, 1.54) is 21.4 Å². The van der Waals surface area contributed by atoms with Gasteiger partial charge in [0.05, 0.1) is 23.1 Å². The third-order valence-corrected chi connectivity index (χ3v) is 6.55. The average Bonchev–Trinajstić information content (AvgIpc) is 3.04. The van der Waals surface area contributed by atoms with E-state index in [0.717, 1.165) is 18.5 Å². The summed E-state index contributed by atoms with van der Waals surface area (Å²) in [6, 6.07) is 3.13. The van der Waals surface area contributed by atoms with Crippen LogP contribution in [-0.4, -0.2) is 41.8 Å². The Hall–Kier alpha value is -3.83. The summed E-state index contributed by atoms with van der Waals surface area (Å²) < 4.78 is 95.8. The molecule has 1 aliphatic carbocycles. The summed E-state index contributed by atoms with van der Waals surface area (Å²) >= 11 is 0. The number of nitriles is 1. The van der Waals surface area contributed by atoms with Crippen molar-refractivity contribution in [3.63, 3.8) is 0 Å². The van der Waals surface area contributed by atoms with E-state index in [-0.39, 0.29) is 33.7 Å². The second-order valence-corrected chi connectivity index (χ2v) is 9.02. The number of halogens is 5. The second-order valence-electron chi connectivity index (χ2n) is 7.31. The van der Waals surface area contributed by atoms with Gasteiger partial charge in [0, 0.05) is 17.3 Å². The van der Waals surface area contributed by atoms with Gasteiger partial charge in [0.2, 0.25) is 10.0 Å². The Morgan fingerprint density at radius 2 is 1.91 bits per heavy atom. The van der Waals surface area contributed by atoms with E-state index >= 15 is 0 Å². The fourth-order valence-electron chi connectivity index (χ4n) is 3.30. The maximum Gasteiger partial charge on any atom is 0.404 e. The summed E-state index contributed by atoms with van der Waals surface area (Å²) in [5, 5.41) is 10.0. The molecule has 0 saturated carbocycles. The van der Waals surface area contributed by atoms with Gasteiger partial charge in [0.25, 0.3) is 0 Å². The van der Waals surface area contributed by atoms with E-state index in [2.05, 4.69) is 14.7 Å². The van der Waals surface area contributed by atoms with Crippen LogP contribution >= 0.6 is 0 Å². The van der Waals surface area contributed by atoms with Crippen molar-refractivity contribution < 1.29 is 35.1 Å². The van der Waals surface area contributed by atoms with Gasteiger partial charge < -0.3 is 4.74 Å². The molecule has 0 fully saturated rings. The number of pyridine rings is 2. The highest BCUT2D eigenvalue weighted by Crippen LogP contribution is 2.37. The first kappa shape index (κ1) is 24.3. The number of allylic oxidation sites excluding steroid dienone is 4. The predicted octanol–water partition coefficient (Wildman–Crippen LogP) is 4.21. The fraction of sp³-hybridized carbons (Fsp3) is 0.190. The van der Waals surface area contributed by atoms with E-state index in [0.29, 0.717) is 12.6 Å². The van der Waals surface area contributed by atoms with Crippen molar-refractivity contribution in [2.24, 2.45) is 0 Å². The molecule has 1 atom stereocenters. The molecule has 0 spiro atoms. The summed E-state index contributed by atoms with van der Waals surface area (Å²) in [7, 11) is -4.55. The number of fused-ring (bicyclic) bond motifs is 1. The highest BCUT2D eigenvalue weighted by atomic mass is 32.2. The van der Waals surface area contributed by atoms with Crippen LogP contribution in [0.3, 0.4) is 0 Å². The molecular weight excluding hydrogens is 497 g/mol. The molecule has 3 heterocycles. The monoisotopic (exact) mass is 511 g/mol.